The number of fused-ring (bicyclic) bond motifs is 1. The zero-order chi connectivity index (χ0) is 18.6. The molecule has 1 saturated heterocycles. The summed E-state index contributed by atoms with van der Waals surface area (Å²) < 4.78 is 38.9. The van der Waals surface area contributed by atoms with Crippen molar-refractivity contribution in [3.8, 4) is 0 Å². The molecule has 3 rings (SSSR count). The predicted molar refractivity (Wildman–Crippen MR) is 94.5 cm³/mol. The number of amides is 1. The van der Waals surface area contributed by atoms with Gasteiger partial charge in [0, 0.05) is 18.7 Å². The average molecular weight is 389 g/mol. The molecule has 1 fully saturated rings. The highest BCUT2D eigenvalue weighted by atomic mass is 35.5. The van der Waals surface area contributed by atoms with E-state index < -0.39 is 31.6 Å². The zero-order valence-corrected chi connectivity index (χ0v) is 15.8. The molecular weight excluding hydrogens is 367 g/mol. The van der Waals surface area contributed by atoms with Crippen molar-refractivity contribution in [1.82, 2.24) is 4.90 Å². The molecule has 8 heteroatoms. The van der Waals surface area contributed by atoms with E-state index in [4.69, 9.17) is 17.3 Å². The molecule has 2 aliphatic rings. The van der Waals surface area contributed by atoms with Crippen molar-refractivity contribution >= 4 is 27.3 Å². The maximum atomic E-state index is 14.3. The lowest BCUT2D eigenvalue weighted by Gasteiger charge is -2.31. The Hall–Kier alpha value is -1.18. The number of hydrogen-bond donors (Lipinski definition) is 1. The third-order valence-corrected chi connectivity index (χ3v) is 8.99. The van der Waals surface area contributed by atoms with E-state index >= 15 is 0 Å². The lowest BCUT2D eigenvalue weighted by molar-refractivity contribution is -0.131. The van der Waals surface area contributed by atoms with Gasteiger partial charge in [-0.3, -0.25) is 4.79 Å². The van der Waals surface area contributed by atoms with Crippen LogP contribution >= 0.6 is 11.6 Å². The fourth-order valence-electron chi connectivity index (χ4n) is 3.84. The van der Waals surface area contributed by atoms with E-state index in [0.717, 1.165) is 5.56 Å². The standard InChI is InChI=1S/C17H22ClFN2O3S/c1-17(2)11(8-20)7-14(25(17,23)24)16(22)21-6-5-10-3-4-13(18)15(19)12(10)9-21/h3-4,11,14H,5-9,20H2,1-2H3. The van der Waals surface area contributed by atoms with Gasteiger partial charge in [-0.15, -0.1) is 0 Å². The van der Waals surface area contributed by atoms with E-state index in [2.05, 4.69) is 0 Å². The van der Waals surface area contributed by atoms with Crippen molar-refractivity contribution in [3.05, 3.63) is 34.1 Å². The van der Waals surface area contributed by atoms with Crippen molar-refractivity contribution in [2.24, 2.45) is 11.7 Å². The number of carbonyl (C=O) groups is 1. The highest BCUT2D eigenvalue weighted by Gasteiger charge is 2.56. The van der Waals surface area contributed by atoms with Gasteiger partial charge in [0.2, 0.25) is 5.91 Å². The number of nitrogens with two attached hydrogens (primary N) is 1. The SMILES string of the molecule is CC1(C)C(CN)CC(C(=O)N2CCc3ccc(Cl)c(F)c3C2)S1(=O)=O. The molecule has 0 spiro atoms. The molecular formula is C17H22ClFN2O3S. The number of halogens is 2. The molecule has 2 aliphatic heterocycles. The first kappa shape index (κ1) is 18.6. The van der Waals surface area contributed by atoms with Crippen LogP contribution < -0.4 is 5.73 Å². The Morgan fingerprint density at radius 2 is 2.12 bits per heavy atom. The van der Waals surface area contributed by atoms with Crippen LogP contribution in [0.1, 0.15) is 31.4 Å². The summed E-state index contributed by atoms with van der Waals surface area (Å²) in [6, 6.07) is 3.26. The molecule has 2 unspecified atom stereocenters. The minimum absolute atomic E-state index is 0.00543. The number of carbonyl (C=O) groups excluding carboxylic acids is 1. The van der Waals surface area contributed by atoms with E-state index in [1.54, 1.807) is 19.9 Å². The molecule has 2 heterocycles. The predicted octanol–water partition coefficient (Wildman–Crippen LogP) is 1.90. The number of benzene rings is 1. The van der Waals surface area contributed by atoms with Gasteiger partial charge >= 0.3 is 0 Å². The second kappa shape index (κ2) is 6.21. The number of rotatable bonds is 2. The highest BCUT2D eigenvalue weighted by Crippen LogP contribution is 2.42. The minimum Gasteiger partial charge on any atom is -0.337 e. The van der Waals surface area contributed by atoms with Gasteiger partial charge in [-0.25, -0.2) is 12.8 Å². The number of nitrogens with zero attached hydrogens (tertiary/aromatic N) is 1. The van der Waals surface area contributed by atoms with Crippen LogP contribution in [0.4, 0.5) is 4.39 Å². The molecule has 1 amide bonds. The van der Waals surface area contributed by atoms with Gasteiger partial charge in [0.1, 0.15) is 11.1 Å². The summed E-state index contributed by atoms with van der Waals surface area (Å²) in [5.74, 6) is -1.27. The molecule has 0 aliphatic carbocycles. The maximum absolute atomic E-state index is 14.3. The Morgan fingerprint density at radius 3 is 2.72 bits per heavy atom. The Labute approximate surface area is 152 Å². The van der Waals surface area contributed by atoms with Crippen molar-refractivity contribution in [1.29, 1.82) is 0 Å². The molecule has 138 valence electrons. The van der Waals surface area contributed by atoms with Crippen LogP contribution in [0.25, 0.3) is 0 Å². The topological polar surface area (TPSA) is 80.5 Å². The summed E-state index contributed by atoms with van der Waals surface area (Å²) in [5.41, 5.74) is 6.90. The molecule has 1 aromatic rings. The molecule has 0 bridgehead atoms. The zero-order valence-electron chi connectivity index (χ0n) is 14.3. The molecule has 2 atom stereocenters. The highest BCUT2D eigenvalue weighted by molar-refractivity contribution is 7.94. The van der Waals surface area contributed by atoms with Gasteiger partial charge in [-0.2, -0.15) is 0 Å². The van der Waals surface area contributed by atoms with Gasteiger partial charge in [-0.1, -0.05) is 17.7 Å². The second-order valence-corrected chi connectivity index (χ2v) is 10.4. The number of hydrogen-bond acceptors (Lipinski definition) is 4. The molecule has 5 nitrogen and oxygen atoms in total. The van der Waals surface area contributed by atoms with Gasteiger partial charge in [0.15, 0.2) is 9.84 Å². The van der Waals surface area contributed by atoms with E-state index in [0.29, 0.717) is 18.5 Å². The van der Waals surface area contributed by atoms with E-state index in [-0.39, 0.29) is 30.5 Å². The largest absolute Gasteiger partial charge is 0.337 e. The van der Waals surface area contributed by atoms with E-state index in [9.17, 15) is 17.6 Å². The van der Waals surface area contributed by atoms with Crippen LogP contribution in [-0.4, -0.2) is 42.3 Å². The Bertz CT molecular complexity index is 825. The van der Waals surface area contributed by atoms with Crippen LogP contribution in [-0.2, 0) is 27.6 Å². The molecule has 0 radical (unpaired) electrons. The van der Waals surface area contributed by atoms with Gasteiger partial charge in [0.05, 0.1) is 9.77 Å². The molecule has 0 saturated carbocycles. The van der Waals surface area contributed by atoms with Crippen LogP contribution in [0.5, 0.6) is 0 Å². The van der Waals surface area contributed by atoms with Crippen molar-refractivity contribution in [2.75, 3.05) is 13.1 Å². The molecule has 0 aromatic heterocycles. The van der Waals surface area contributed by atoms with E-state index in [1.165, 1.54) is 11.0 Å². The third-order valence-electron chi connectivity index (χ3n) is 5.75. The maximum Gasteiger partial charge on any atom is 0.241 e. The lowest BCUT2D eigenvalue weighted by atomic mass is 9.90. The van der Waals surface area contributed by atoms with Crippen LogP contribution in [0.3, 0.4) is 0 Å². The minimum atomic E-state index is -3.66. The summed E-state index contributed by atoms with van der Waals surface area (Å²) in [6.07, 6.45) is 0.692. The normalized spacial score (nSPS) is 27.2. The van der Waals surface area contributed by atoms with Gasteiger partial charge < -0.3 is 10.6 Å². The average Bonchev–Trinajstić information content (AvgIpc) is 2.75. The quantitative estimate of drug-likeness (QED) is 0.839. The Morgan fingerprint density at radius 1 is 1.44 bits per heavy atom. The fraction of sp³-hybridized carbons (Fsp3) is 0.588. The third kappa shape index (κ3) is 2.76. The number of sulfone groups is 1. The lowest BCUT2D eigenvalue weighted by Crippen LogP contribution is -2.46. The molecule has 25 heavy (non-hydrogen) atoms. The smallest absolute Gasteiger partial charge is 0.241 e. The first-order valence-corrected chi connectivity index (χ1v) is 10.2. The summed E-state index contributed by atoms with van der Waals surface area (Å²) in [4.78, 5) is 14.4. The Balaban J connectivity index is 1.89. The summed E-state index contributed by atoms with van der Waals surface area (Å²) in [5, 5.41) is -1.11. The van der Waals surface area contributed by atoms with Gasteiger partial charge in [0.25, 0.3) is 0 Å². The van der Waals surface area contributed by atoms with Gasteiger partial charge in [-0.05, 0) is 50.8 Å². The fourth-order valence-corrected chi connectivity index (χ4v) is 6.30. The monoisotopic (exact) mass is 388 g/mol. The van der Waals surface area contributed by atoms with Crippen LogP contribution in [0, 0.1) is 11.7 Å². The van der Waals surface area contributed by atoms with Crippen LogP contribution in [0.2, 0.25) is 5.02 Å². The summed E-state index contributed by atoms with van der Waals surface area (Å²) in [7, 11) is -3.66. The molecule has 2 N–H and O–H groups in total. The summed E-state index contributed by atoms with van der Waals surface area (Å²) in [6.45, 7) is 3.87. The van der Waals surface area contributed by atoms with Crippen LogP contribution in [0.15, 0.2) is 12.1 Å². The Kier molecular flexibility index (Phi) is 4.62. The molecule has 1 aromatic carbocycles. The first-order valence-electron chi connectivity index (χ1n) is 8.29. The van der Waals surface area contributed by atoms with E-state index in [1.807, 2.05) is 0 Å². The second-order valence-electron chi connectivity index (χ2n) is 7.31. The van der Waals surface area contributed by atoms with Crippen molar-refractivity contribution in [2.45, 2.75) is 43.2 Å². The summed E-state index contributed by atoms with van der Waals surface area (Å²) >= 11 is 5.83. The van der Waals surface area contributed by atoms with Crippen molar-refractivity contribution in [3.63, 3.8) is 0 Å². The van der Waals surface area contributed by atoms with Crippen molar-refractivity contribution < 1.29 is 17.6 Å². The first-order chi connectivity index (χ1) is 11.6.